The molecule has 1 aromatic heterocycles. The predicted molar refractivity (Wildman–Crippen MR) is 144 cm³/mol. The summed E-state index contributed by atoms with van der Waals surface area (Å²) in [5.41, 5.74) is 2.28. The number of hydrogen-bond donors (Lipinski definition) is 1. The zero-order chi connectivity index (χ0) is 26.0. The number of fused-ring (bicyclic) bond motifs is 1. The number of nitrogens with zero attached hydrogens (tertiary/aromatic N) is 3. The summed E-state index contributed by atoms with van der Waals surface area (Å²) >= 11 is 0. The van der Waals surface area contributed by atoms with Gasteiger partial charge in [-0.2, -0.15) is 0 Å². The van der Waals surface area contributed by atoms with Crippen molar-refractivity contribution in [1.82, 2.24) is 19.4 Å². The normalized spacial score (nSPS) is 15.2. The number of rotatable bonds is 7. The highest BCUT2D eigenvalue weighted by atomic mass is 19.1. The number of halogens is 1. The Bertz CT molecular complexity index is 1380. The van der Waals surface area contributed by atoms with Crippen LogP contribution in [0.3, 0.4) is 0 Å². The van der Waals surface area contributed by atoms with Crippen LogP contribution in [0.5, 0.6) is 0 Å². The van der Waals surface area contributed by atoms with Gasteiger partial charge in [0.25, 0.3) is 0 Å². The van der Waals surface area contributed by atoms with Crippen molar-refractivity contribution in [2.45, 2.75) is 30.7 Å². The lowest BCUT2D eigenvalue weighted by molar-refractivity contribution is -0.133. The molecule has 0 atom stereocenters. The van der Waals surface area contributed by atoms with Crippen molar-refractivity contribution in [2.24, 2.45) is 0 Å². The largest absolute Gasteiger partial charge is 0.348 e. The maximum absolute atomic E-state index is 13.9. The van der Waals surface area contributed by atoms with Crippen LogP contribution in [-0.4, -0.2) is 59.0 Å². The van der Waals surface area contributed by atoms with Crippen LogP contribution in [0.4, 0.5) is 4.39 Å². The van der Waals surface area contributed by atoms with Crippen LogP contribution in [0.25, 0.3) is 11.0 Å². The minimum Gasteiger partial charge on any atom is -0.348 e. The number of likely N-dealkylation sites (N-methyl/N-ethyl adjacent to an activating group) is 1. The zero-order valence-corrected chi connectivity index (χ0v) is 21.4. The topological polar surface area (TPSA) is 61.3 Å². The molecule has 1 aliphatic rings. The molecule has 37 heavy (non-hydrogen) atoms. The monoisotopic (exact) mass is 500 g/mol. The van der Waals surface area contributed by atoms with Gasteiger partial charge in [0.05, 0.1) is 11.0 Å². The molecule has 6 nitrogen and oxygen atoms in total. The van der Waals surface area contributed by atoms with Crippen molar-refractivity contribution in [3.05, 3.63) is 106 Å². The number of nitrogens with one attached hydrogen (secondary N) is 1. The third-order valence-corrected chi connectivity index (χ3v) is 7.71. The van der Waals surface area contributed by atoms with Crippen LogP contribution in [0.15, 0.2) is 83.7 Å². The van der Waals surface area contributed by atoms with E-state index in [4.69, 9.17) is 0 Å². The van der Waals surface area contributed by atoms with Crippen LogP contribution in [0.2, 0.25) is 0 Å². The Balaban J connectivity index is 1.38. The number of likely N-dealkylation sites (tertiary alicyclic amines) is 1. The first-order chi connectivity index (χ1) is 17.9. The van der Waals surface area contributed by atoms with Gasteiger partial charge in [0.2, 0.25) is 5.91 Å². The number of aromatic nitrogens is 2. The first-order valence-electron chi connectivity index (χ1n) is 12.8. The molecule has 4 aromatic rings. The highest BCUT2D eigenvalue weighted by Gasteiger charge is 2.43. The van der Waals surface area contributed by atoms with Gasteiger partial charge in [0.15, 0.2) is 0 Å². The molecule has 1 saturated heterocycles. The number of carbonyl (C=O) groups excluding carboxylic acids is 1. The Hall–Kier alpha value is -3.71. The average Bonchev–Trinajstić information content (AvgIpc) is 3.25. The predicted octanol–water partition coefficient (Wildman–Crippen LogP) is 4.57. The summed E-state index contributed by atoms with van der Waals surface area (Å²) in [7, 11) is 3.64. The lowest BCUT2D eigenvalue weighted by Crippen LogP contribution is -2.47. The van der Waals surface area contributed by atoms with Gasteiger partial charge in [-0.3, -0.25) is 9.36 Å². The highest BCUT2D eigenvalue weighted by Crippen LogP contribution is 2.38. The van der Waals surface area contributed by atoms with Crippen molar-refractivity contribution in [3.63, 3.8) is 0 Å². The Morgan fingerprint density at radius 1 is 0.973 bits per heavy atom. The number of carbonyl (C=O) groups is 1. The third kappa shape index (κ3) is 4.71. The molecule has 1 aliphatic heterocycles. The fourth-order valence-electron chi connectivity index (χ4n) is 5.83. The molecule has 5 rings (SSSR count). The number of benzene rings is 3. The van der Waals surface area contributed by atoms with E-state index in [9.17, 15) is 14.0 Å². The van der Waals surface area contributed by atoms with E-state index < -0.39 is 5.41 Å². The lowest BCUT2D eigenvalue weighted by atomic mass is 9.70. The summed E-state index contributed by atoms with van der Waals surface area (Å²) in [5.74, 6) is -0.291. The molecule has 0 bridgehead atoms. The smallest absolute Gasteiger partial charge is 0.326 e. The van der Waals surface area contributed by atoms with Crippen molar-refractivity contribution in [1.29, 1.82) is 0 Å². The summed E-state index contributed by atoms with van der Waals surface area (Å²) in [6.45, 7) is 2.39. The second-order valence-electron chi connectivity index (χ2n) is 10.1. The van der Waals surface area contributed by atoms with E-state index in [0.29, 0.717) is 11.9 Å². The molecule has 3 aromatic carbocycles. The fourth-order valence-corrected chi connectivity index (χ4v) is 5.83. The molecule has 1 fully saturated rings. The van der Waals surface area contributed by atoms with Gasteiger partial charge in [-0.05, 0) is 55.1 Å². The molecule has 192 valence electrons. The van der Waals surface area contributed by atoms with Gasteiger partial charge < -0.3 is 14.8 Å². The Labute approximate surface area is 216 Å². The van der Waals surface area contributed by atoms with E-state index >= 15 is 0 Å². The Morgan fingerprint density at radius 2 is 1.57 bits per heavy atom. The number of piperidine rings is 1. The molecule has 0 radical (unpaired) electrons. The second kappa shape index (κ2) is 10.3. The summed E-state index contributed by atoms with van der Waals surface area (Å²) in [4.78, 5) is 33.4. The number of amides is 1. The van der Waals surface area contributed by atoms with Crippen LogP contribution < -0.4 is 5.69 Å². The van der Waals surface area contributed by atoms with E-state index in [1.807, 2.05) is 74.8 Å². The number of imidazole rings is 1. The fraction of sp³-hybridized carbons (Fsp3) is 0.333. The summed E-state index contributed by atoms with van der Waals surface area (Å²) in [6.07, 6.45) is 2.28. The first-order valence-corrected chi connectivity index (χ1v) is 12.8. The highest BCUT2D eigenvalue weighted by molar-refractivity contribution is 5.92. The molecule has 7 heteroatoms. The van der Waals surface area contributed by atoms with Crippen LogP contribution >= 0.6 is 0 Å². The summed E-state index contributed by atoms with van der Waals surface area (Å²) in [5, 5.41) is 0. The van der Waals surface area contributed by atoms with Gasteiger partial charge in [0.1, 0.15) is 11.2 Å². The van der Waals surface area contributed by atoms with Crippen molar-refractivity contribution in [2.75, 3.05) is 33.7 Å². The summed E-state index contributed by atoms with van der Waals surface area (Å²) in [6, 6.07) is 24.6. The van der Waals surface area contributed by atoms with E-state index in [1.54, 1.807) is 15.5 Å². The average molecular weight is 501 g/mol. The van der Waals surface area contributed by atoms with E-state index in [1.165, 1.54) is 12.1 Å². The van der Waals surface area contributed by atoms with E-state index in [0.717, 1.165) is 49.1 Å². The summed E-state index contributed by atoms with van der Waals surface area (Å²) < 4.78 is 15.4. The minimum atomic E-state index is -0.791. The maximum Gasteiger partial charge on any atom is 0.326 e. The first kappa shape index (κ1) is 25.0. The van der Waals surface area contributed by atoms with Crippen molar-refractivity contribution in [3.8, 4) is 0 Å². The Kier molecular flexibility index (Phi) is 6.98. The molecule has 0 aliphatic carbocycles. The molecular weight excluding hydrogens is 467 g/mol. The minimum absolute atomic E-state index is 0.0550. The van der Waals surface area contributed by atoms with Crippen LogP contribution in [0, 0.1) is 5.82 Å². The molecule has 2 heterocycles. The van der Waals surface area contributed by atoms with E-state index in [-0.39, 0.29) is 23.5 Å². The van der Waals surface area contributed by atoms with Crippen LogP contribution in [-0.2, 0) is 10.2 Å². The van der Waals surface area contributed by atoms with Gasteiger partial charge in [-0.15, -0.1) is 0 Å². The quantitative estimate of drug-likeness (QED) is 0.404. The van der Waals surface area contributed by atoms with E-state index in [2.05, 4.69) is 9.88 Å². The molecule has 0 saturated carbocycles. The maximum atomic E-state index is 13.9. The standard InChI is InChI=1S/C30H33FN4O2/c1-33(2)28(36)30(22-9-5-3-6-10-22,23-11-7-4-8-12-23)17-20-34-18-15-25(16-19-34)35-27-14-13-24(31)21-26(27)32-29(35)37/h3-14,21,25H,15-20H2,1-2H3,(H,32,37). The van der Waals surface area contributed by atoms with Gasteiger partial charge in [0, 0.05) is 33.2 Å². The van der Waals surface area contributed by atoms with Gasteiger partial charge >= 0.3 is 5.69 Å². The van der Waals surface area contributed by atoms with Crippen molar-refractivity contribution >= 4 is 16.9 Å². The lowest BCUT2D eigenvalue weighted by Gasteiger charge is -2.39. The number of aromatic amines is 1. The zero-order valence-electron chi connectivity index (χ0n) is 21.4. The molecule has 1 N–H and O–H groups in total. The molecule has 0 unspecified atom stereocenters. The number of hydrogen-bond acceptors (Lipinski definition) is 3. The molecular formula is C30H33FN4O2. The number of H-pyrrole nitrogens is 1. The van der Waals surface area contributed by atoms with Gasteiger partial charge in [-0.25, -0.2) is 9.18 Å². The van der Waals surface area contributed by atoms with Crippen molar-refractivity contribution < 1.29 is 9.18 Å². The molecule has 0 spiro atoms. The Morgan fingerprint density at radius 3 is 2.14 bits per heavy atom. The third-order valence-electron chi connectivity index (χ3n) is 7.71. The van der Waals surface area contributed by atoms with Crippen LogP contribution in [0.1, 0.15) is 36.4 Å². The SMILES string of the molecule is CN(C)C(=O)C(CCN1CCC(n2c(=O)[nH]c3cc(F)ccc32)CC1)(c1ccccc1)c1ccccc1. The molecule has 1 amide bonds. The second-order valence-corrected chi connectivity index (χ2v) is 10.1. The van der Waals surface area contributed by atoms with Gasteiger partial charge in [-0.1, -0.05) is 60.7 Å².